The molecule has 0 atom stereocenters. The average molecular weight is 147 g/mol. The summed E-state index contributed by atoms with van der Waals surface area (Å²) in [6.07, 6.45) is 6.56. The van der Waals surface area contributed by atoms with E-state index in [0.29, 0.717) is 5.84 Å². The molecule has 0 unspecified atom stereocenters. The molecule has 0 aromatic heterocycles. The van der Waals surface area contributed by atoms with Crippen LogP contribution in [0.1, 0.15) is 6.92 Å². The number of amidine groups is 1. The van der Waals surface area contributed by atoms with Crippen LogP contribution in [0.4, 0.5) is 0 Å². The van der Waals surface area contributed by atoms with Gasteiger partial charge in [-0.15, -0.1) is 0 Å². The van der Waals surface area contributed by atoms with Crippen LogP contribution in [-0.4, -0.2) is 18.4 Å². The van der Waals surface area contributed by atoms with Gasteiger partial charge in [0.25, 0.3) is 0 Å². The fraction of sp³-hybridized carbons (Fsp3) is 0.125. The van der Waals surface area contributed by atoms with Gasteiger partial charge in [0, 0.05) is 18.0 Å². The first-order valence-corrected chi connectivity index (χ1v) is 3.29. The second-order valence-electron chi connectivity index (χ2n) is 1.90. The lowest BCUT2D eigenvalue weighted by Gasteiger charge is -2.01. The van der Waals surface area contributed by atoms with Crippen molar-refractivity contribution in [1.82, 2.24) is 0 Å². The van der Waals surface area contributed by atoms with Crippen molar-refractivity contribution < 1.29 is 0 Å². The molecule has 11 heavy (non-hydrogen) atoms. The Hall–Kier alpha value is -1.51. The Morgan fingerprint density at radius 3 is 3.09 bits per heavy atom. The monoisotopic (exact) mass is 147 g/mol. The van der Waals surface area contributed by atoms with E-state index in [4.69, 9.17) is 0 Å². The SMILES string of the molecule is C=CN=C1N=CN=C/C1=C/C. The third-order valence-electron chi connectivity index (χ3n) is 1.24. The van der Waals surface area contributed by atoms with Crippen LogP contribution in [0.15, 0.2) is 39.4 Å². The zero-order chi connectivity index (χ0) is 8.10. The van der Waals surface area contributed by atoms with Crippen LogP contribution >= 0.6 is 0 Å². The van der Waals surface area contributed by atoms with Gasteiger partial charge in [-0.2, -0.15) is 0 Å². The molecule has 1 rings (SSSR count). The summed E-state index contributed by atoms with van der Waals surface area (Å²) >= 11 is 0. The van der Waals surface area contributed by atoms with Gasteiger partial charge in [-0.25, -0.2) is 15.0 Å². The quantitative estimate of drug-likeness (QED) is 0.540. The van der Waals surface area contributed by atoms with E-state index in [0.717, 1.165) is 5.57 Å². The van der Waals surface area contributed by atoms with Crippen molar-refractivity contribution in [2.45, 2.75) is 6.92 Å². The van der Waals surface area contributed by atoms with Crippen molar-refractivity contribution in [1.29, 1.82) is 0 Å². The molecule has 0 bridgehead atoms. The summed E-state index contributed by atoms with van der Waals surface area (Å²) in [5, 5.41) is 0. The third kappa shape index (κ3) is 1.70. The maximum Gasteiger partial charge on any atom is 0.162 e. The normalized spacial score (nSPS) is 23.0. The Labute approximate surface area is 65.6 Å². The molecule has 1 aliphatic heterocycles. The molecule has 0 saturated heterocycles. The predicted octanol–water partition coefficient (Wildman–Crippen LogP) is 1.59. The van der Waals surface area contributed by atoms with Crippen molar-refractivity contribution in [3.8, 4) is 0 Å². The van der Waals surface area contributed by atoms with Gasteiger partial charge in [-0.1, -0.05) is 12.7 Å². The average Bonchev–Trinajstić information content (AvgIpc) is 2.06. The fourth-order valence-electron chi connectivity index (χ4n) is 0.732. The minimum absolute atomic E-state index is 0.664. The Balaban J connectivity index is 2.97. The smallest absolute Gasteiger partial charge is 0.162 e. The van der Waals surface area contributed by atoms with Gasteiger partial charge in [-0.3, -0.25) is 0 Å². The van der Waals surface area contributed by atoms with Crippen LogP contribution in [-0.2, 0) is 0 Å². The molecule has 0 saturated carbocycles. The number of hydrogen-bond donors (Lipinski definition) is 0. The molecule has 0 amide bonds. The van der Waals surface area contributed by atoms with Gasteiger partial charge in [0.1, 0.15) is 6.34 Å². The van der Waals surface area contributed by atoms with Crippen LogP contribution in [0.25, 0.3) is 0 Å². The summed E-state index contributed by atoms with van der Waals surface area (Å²) < 4.78 is 0. The lowest BCUT2D eigenvalue weighted by molar-refractivity contribution is 1.47. The Morgan fingerprint density at radius 2 is 2.45 bits per heavy atom. The highest BCUT2D eigenvalue weighted by molar-refractivity contribution is 6.20. The van der Waals surface area contributed by atoms with Gasteiger partial charge in [0.2, 0.25) is 0 Å². The van der Waals surface area contributed by atoms with Gasteiger partial charge in [-0.05, 0) is 6.92 Å². The van der Waals surface area contributed by atoms with E-state index in [1.165, 1.54) is 12.5 Å². The van der Waals surface area contributed by atoms with E-state index in [9.17, 15) is 0 Å². The van der Waals surface area contributed by atoms with Crippen molar-refractivity contribution >= 4 is 18.4 Å². The van der Waals surface area contributed by atoms with E-state index in [1.54, 1.807) is 6.21 Å². The molecule has 1 aliphatic rings. The topological polar surface area (TPSA) is 37.1 Å². The van der Waals surface area contributed by atoms with Gasteiger partial charge < -0.3 is 0 Å². The van der Waals surface area contributed by atoms with Crippen LogP contribution in [0.5, 0.6) is 0 Å². The minimum Gasteiger partial charge on any atom is -0.244 e. The molecule has 0 radical (unpaired) electrons. The fourth-order valence-corrected chi connectivity index (χ4v) is 0.732. The largest absolute Gasteiger partial charge is 0.244 e. The molecule has 0 spiro atoms. The second-order valence-corrected chi connectivity index (χ2v) is 1.90. The highest BCUT2D eigenvalue weighted by atomic mass is 15.0. The number of allylic oxidation sites excluding steroid dienone is 1. The lowest BCUT2D eigenvalue weighted by atomic mass is 10.2. The Bertz CT molecular complexity index is 269. The number of aliphatic imine (C=N–C) groups is 3. The molecule has 3 heteroatoms. The molecule has 0 N–H and O–H groups in total. The molecular formula is C8H9N3. The van der Waals surface area contributed by atoms with Crippen LogP contribution in [0.2, 0.25) is 0 Å². The molecule has 0 fully saturated rings. The van der Waals surface area contributed by atoms with Crippen molar-refractivity contribution in [2.24, 2.45) is 15.0 Å². The molecular weight excluding hydrogens is 138 g/mol. The van der Waals surface area contributed by atoms with Crippen molar-refractivity contribution in [3.05, 3.63) is 24.4 Å². The maximum atomic E-state index is 3.96. The Kier molecular flexibility index (Phi) is 2.49. The first-order valence-electron chi connectivity index (χ1n) is 3.29. The van der Waals surface area contributed by atoms with Crippen molar-refractivity contribution in [3.63, 3.8) is 0 Å². The van der Waals surface area contributed by atoms with E-state index in [2.05, 4.69) is 21.6 Å². The minimum atomic E-state index is 0.664. The highest BCUT2D eigenvalue weighted by Gasteiger charge is 2.02. The molecule has 1 heterocycles. The molecule has 0 aromatic rings. The maximum absolute atomic E-state index is 3.96. The summed E-state index contributed by atoms with van der Waals surface area (Å²) in [5.41, 5.74) is 0.924. The molecule has 0 aliphatic carbocycles. The Morgan fingerprint density at radius 1 is 1.64 bits per heavy atom. The molecule has 56 valence electrons. The second kappa shape index (κ2) is 3.61. The summed E-state index contributed by atoms with van der Waals surface area (Å²) in [5.74, 6) is 0.664. The highest BCUT2D eigenvalue weighted by Crippen LogP contribution is 2.00. The summed E-state index contributed by atoms with van der Waals surface area (Å²) in [6, 6.07) is 0. The van der Waals surface area contributed by atoms with Crippen LogP contribution < -0.4 is 0 Å². The van der Waals surface area contributed by atoms with E-state index >= 15 is 0 Å². The van der Waals surface area contributed by atoms with E-state index < -0.39 is 0 Å². The van der Waals surface area contributed by atoms with Gasteiger partial charge in [0.05, 0.1) is 0 Å². The zero-order valence-electron chi connectivity index (χ0n) is 6.36. The number of hydrogen-bond acceptors (Lipinski definition) is 2. The molecule has 0 aromatic carbocycles. The van der Waals surface area contributed by atoms with Crippen LogP contribution in [0, 0.1) is 0 Å². The first kappa shape index (κ1) is 7.60. The number of rotatable bonds is 1. The summed E-state index contributed by atoms with van der Waals surface area (Å²) in [6.45, 7) is 5.41. The predicted molar refractivity (Wildman–Crippen MR) is 48.4 cm³/mol. The van der Waals surface area contributed by atoms with Gasteiger partial charge >= 0.3 is 0 Å². The van der Waals surface area contributed by atoms with Crippen LogP contribution in [0.3, 0.4) is 0 Å². The van der Waals surface area contributed by atoms with Gasteiger partial charge in [0.15, 0.2) is 5.84 Å². The zero-order valence-corrected chi connectivity index (χ0v) is 6.36. The first-order chi connectivity index (χ1) is 5.38. The standard InChI is InChI=1S/C8H9N3/c1-3-7-5-9-6-11-8(7)10-4-2/h3-6H,2H2,1H3/b7-3-,10-8?. The van der Waals surface area contributed by atoms with E-state index in [-0.39, 0.29) is 0 Å². The summed E-state index contributed by atoms with van der Waals surface area (Å²) in [7, 11) is 0. The number of nitrogens with zero attached hydrogens (tertiary/aromatic N) is 3. The summed E-state index contributed by atoms with van der Waals surface area (Å²) in [4.78, 5) is 11.8. The lowest BCUT2D eigenvalue weighted by Crippen LogP contribution is -2.04. The van der Waals surface area contributed by atoms with Crippen molar-refractivity contribution in [2.75, 3.05) is 0 Å². The molecule has 3 nitrogen and oxygen atoms in total. The van der Waals surface area contributed by atoms with E-state index in [1.807, 2.05) is 13.0 Å². The third-order valence-corrected chi connectivity index (χ3v) is 1.24.